The number of carbonyl (C=O) groups excluding carboxylic acids is 3. The van der Waals surface area contributed by atoms with Crippen LogP contribution in [0.2, 0.25) is 0 Å². The number of aromatic amines is 1. The van der Waals surface area contributed by atoms with E-state index in [9.17, 15) is 14.4 Å². The highest BCUT2D eigenvalue weighted by Gasteiger charge is 2.26. The minimum absolute atomic E-state index is 0.127. The Morgan fingerprint density at radius 1 is 1.15 bits per heavy atom. The second-order valence-electron chi connectivity index (χ2n) is 7.60. The summed E-state index contributed by atoms with van der Waals surface area (Å²) >= 11 is 0. The van der Waals surface area contributed by atoms with Crippen LogP contribution in [0.25, 0.3) is 10.9 Å². The van der Waals surface area contributed by atoms with E-state index in [0.29, 0.717) is 54.3 Å². The van der Waals surface area contributed by atoms with Crippen molar-refractivity contribution in [3.63, 3.8) is 0 Å². The predicted octanol–water partition coefficient (Wildman–Crippen LogP) is 2.34. The van der Waals surface area contributed by atoms with E-state index in [1.165, 1.54) is 6.26 Å². The topological polar surface area (TPSA) is 117 Å². The molecule has 10 nitrogen and oxygen atoms in total. The zero-order chi connectivity index (χ0) is 23.4. The molecule has 0 saturated carbocycles. The number of methoxy groups -OCH3 is 1. The van der Waals surface area contributed by atoms with Crippen molar-refractivity contribution in [2.75, 3.05) is 51.8 Å². The quantitative estimate of drug-likeness (QED) is 0.526. The summed E-state index contributed by atoms with van der Waals surface area (Å²) in [6, 6.07) is 8.62. The van der Waals surface area contributed by atoms with Gasteiger partial charge in [-0.05, 0) is 37.3 Å². The van der Waals surface area contributed by atoms with Gasteiger partial charge in [-0.15, -0.1) is 0 Å². The van der Waals surface area contributed by atoms with Gasteiger partial charge in [-0.2, -0.15) is 0 Å². The molecule has 2 aromatic heterocycles. The van der Waals surface area contributed by atoms with Crippen molar-refractivity contribution < 1.29 is 28.3 Å². The minimum Gasteiger partial charge on any atom is -0.497 e. The summed E-state index contributed by atoms with van der Waals surface area (Å²) in [4.78, 5) is 44.4. The lowest BCUT2D eigenvalue weighted by molar-refractivity contribution is -0.117. The van der Waals surface area contributed by atoms with Gasteiger partial charge in [0, 0.05) is 37.1 Å². The molecule has 0 radical (unpaired) electrons. The molecule has 1 aromatic carbocycles. The van der Waals surface area contributed by atoms with E-state index >= 15 is 0 Å². The van der Waals surface area contributed by atoms with Crippen molar-refractivity contribution in [3.05, 3.63) is 48.0 Å². The second-order valence-corrected chi connectivity index (χ2v) is 7.60. The first kappa shape index (κ1) is 22.4. The predicted molar refractivity (Wildman–Crippen MR) is 120 cm³/mol. The monoisotopic (exact) mass is 454 g/mol. The first-order valence-electron chi connectivity index (χ1n) is 10.7. The van der Waals surface area contributed by atoms with Crippen LogP contribution >= 0.6 is 0 Å². The maximum atomic E-state index is 12.9. The highest BCUT2D eigenvalue weighted by atomic mass is 16.5. The molecule has 2 N–H and O–H groups in total. The van der Waals surface area contributed by atoms with Crippen molar-refractivity contribution in [1.29, 1.82) is 0 Å². The molecule has 1 aliphatic heterocycles. The number of nitrogens with one attached hydrogen (secondary N) is 2. The number of fused-ring (bicyclic) bond motifs is 1. The lowest BCUT2D eigenvalue weighted by atomic mass is 10.2. The number of hydrogen-bond acceptors (Lipinski definition) is 7. The molecular formula is C23H26N4O6. The minimum atomic E-state index is -0.548. The highest BCUT2D eigenvalue weighted by Crippen LogP contribution is 2.31. The number of piperazine rings is 1. The maximum Gasteiger partial charge on any atom is 0.356 e. The van der Waals surface area contributed by atoms with E-state index in [1.54, 1.807) is 49.3 Å². The number of aromatic nitrogens is 1. The van der Waals surface area contributed by atoms with E-state index in [4.69, 9.17) is 13.9 Å². The molecule has 0 aliphatic carbocycles. The number of amides is 2. The molecule has 10 heteroatoms. The van der Waals surface area contributed by atoms with Gasteiger partial charge in [0.1, 0.15) is 11.4 Å². The first-order valence-corrected chi connectivity index (χ1v) is 10.7. The second kappa shape index (κ2) is 9.78. The van der Waals surface area contributed by atoms with Gasteiger partial charge in [0.15, 0.2) is 5.76 Å². The Balaban J connectivity index is 1.44. The molecule has 0 atom stereocenters. The molecular weight excluding hydrogens is 428 g/mol. The summed E-state index contributed by atoms with van der Waals surface area (Å²) in [5, 5.41) is 3.52. The highest BCUT2D eigenvalue weighted by molar-refractivity contribution is 6.11. The third-order valence-corrected chi connectivity index (χ3v) is 5.51. The number of furan rings is 1. The number of H-pyrrole nitrogens is 1. The Bertz CT molecular complexity index is 1150. The number of carbonyl (C=O) groups is 3. The van der Waals surface area contributed by atoms with E-state index in [1.807, 2.05) is 4.90 Å². The van der Waals surface area contributed by atoms with Gasteiger partial charge >= 0.3 is 5.97 Å². The Morgan fingerprint density at radius 2 is 1.94 bits per heavy atom. The number of ether oxygens (including phenoxy) is 2. The largest absolute Gasteiger partial charge is 0.497 e. The van der Waals surface area contributed by atoms with Crippen LogP contribution in [0, 0.1) is 0 Å². The molecule has 3 heterocycles. The molecule has 3 aromatic rings. The molecule has 0 unspecified atom stereocenters. The molecule has 174 valence electrons. The maximum absolute atomic E-state index is 12.9. The molecule has 0 bridgehead atoms. The Labute approximate surface area is 190 Å². The van der Waals surface area contributed by atoms with Crippen LogP contribution in [-0.2, 0) is 9.53 Å². The number of nitrogens with zero attached hydrogens (tertiary/aromatic N) is 2. The van der Waals surface area contributed by atoms with Crippen molar-refractivity contribution in [3.8, 4) is 5.75 Å². The number of esters is 1. The number of benzene rings is 1. The lowest BCUT2D eigenvalue weighted by Gasteiger charge is -2.33. The van der Waals surface area contributed by atoms with Crippen molar-refractivity contribution >= 4 is 34.4 Å². The lowest BCUT2D eigenvalue weighted by Crippen LogP contribution is -2.50. The molecule has 1 saturated heterocycles. The Hall–Kier alpha value is -3.79. The Morgan fingerprint density at radius 3 is 2.61 bits per heavy atom. The SMILES string of the molecule is CCOC(=O)c1[nH]c2ccc(OC)cc2c1NC(=O)CN1CCN(C(=O)c2ccco2)CC1. The van der Waals surface area contributed by atoms with Crippen molar-refractivity contribution in [1.82, 2.24) is 14.8 Å². The van der Waals surface area contributed by atoms with Gasteiger partial charge in [0.25, 0.3) is 5.91 Å². The van der Waals surface area contributed by atoms with Crippen LogP contribution in [0.1, 0.15) is 28.0 Å². The zero-order valence-corrected chi connectivity index (χ0v) is 18.6. The fourth-order valence-electron chi connectivity index (χ4n) is 3.83. The van der Waals surface area contributed by atoms with Gasteiger partial charge in [-0.25, -0.2) is 4.79 Å². The average Bonchev–Trinajstić information content (AvgIpc) is 3.48. The molecule has 1 aliphatic rings. The Kier molecular flexibility index (Phi) is 6.64. The fraction of sp³-hybridized carbons (Fsp3) is 0.348. The van der Waals surface area contributed by atoms with Crippen LogP contribution in [0.15, 0.2) is 41.0 Å². The summed E-state index contributed by atoms with van der Waals surface area (Å²) in [6.45, 7) is 4.14. The van der Waals surface area contributed by atoms with Gasteiger partial charge in [0.05, 0.1) is 32.2 Å². The molecule has 2 amide bonds. The van der Waals surface area contributed by atoms with Crippen molar-refractivity contribution in [2.45, 2.75) is 6.92 Å². The van der Waals surface area contributed by atoms with Crippen LogP contribution in [0.3, 0.4) is 0 Å². The van der Waals surface area contributed by atoms with Crippen LogP contribution in [0.4, 0.5) is 5.69 Å². The summed E-state index contributed by atoms with van der Waals surface area (Å²) in [6.07, 6.45) is 1.47. The van der Waals surface area contributed by atoms with E-state index in [-0.39, 0.29) is 30.7 Å². The third kappa shape index (κ3) is 4.85. The van der Waals surface area contributed by atoms with Gasteiger partial charge in [-0.1, -0.05) is 0 Å². The van der Waals surface area contributed by atoms with Crippen LogP contribution in [0.5, 0.6) is 5.75 Å². The van der Waals surface area contributed by atoms with E-state index < -0.39 is 5.97 Å². The summed E-state index contributed by atoms with van der Waals surface area (Å²) in [5.74, 6) is -0.0637. The van der Waals surface area contributed by atoms with Gasteiger partial charge in [-0.3, -0.25) is 14.5 Å². The van der Waals surface area contributed by atoms with E-state index in [2.05, 4.69) is 10.3 Å². The summed E-state index contributed by atoms with van der Waals surface area (Å²) in [5.41, 5.74) is 1.22. The molecule has 1 fully saturated rings. The standard InChI is InChI=1S/C23H26N4O6/c1-3-32-23(30)21-20(16-13-15(31-2)6-7-17(16)24-21)25-19(28)14-26-8-10-27(11-9-26)22(29)18-5-4-12-33-18/h4-7,12-13,24H,3,8-11,14H2,1-2H3,(H,25,28). The van der Waals surface area contributed by atoms with Crippen LogP contribution < -0.4 is 10.1 Å². The van der Waals surface area contributed by atoms with Crippen LogP contribution in [-0.4, -0.2) is 79.0 Å². The summed E-state index contributed by atoms with van der Waals surface area (Å²) in [7, 11) is 1.55. The fourth-order valence-corrected chi connectivity index (χ4v) is 3.83. The third-order valence-electron chi connectivity index (χ3n) is 5.51. The van der Waals surface area contributed by atoms with E-state index in [0.717, 1.165) is 0 Å². The smallest absolute Gasteiger partial charge is 0.356 e. The zero-order valence-electron chi connectivity index (χ0n) is 18.6. The first-order chi connectivity index (χ1) is 16.0. The van der Waals surface area contributed by atoms with Gasteiger partial charge < -0.3 is 29.1 Å². The number of hydrogen-bond donors (Lipinski definition) is 2. The molecule has 33 heavy (non-hydrogen) atoms. The average molecular weight is 454 g/mol. The summed E-state index contributed by atoms with van der Waals surface area (Å²) < 4.78 is 15.6. The van der Waals surface area contributed by atoms with Gasteiger partial charge in [0.2, 0.25) is 5.91 Å². The molecule has 0 spiro atoms. The number of anilines is 1. The normalized spacial score (nSPS) is 14.3. The molecule has 4 rings (SSSR count). The van der Waals surface area contributed by atoms with Crippen molar-refractivity contribution in [2.24, 2.45) is 0 Å². The number of rotatable bonds is 7.